The molecule has 0 heteroatoms. The third-order valence-electron chi connectivity index (χ3n) is 3.72. The number of allylic oxidation sites excluding steroid dienone is 2. The van der Waals surface area contributed by atoms with Gasteiger partial charge >= 0.3 is 0 Å². The molecule has 0 radical (unpaired) electrons. The van der Waals surface area contributed by atoms with Gasteiger partial charge in [0.25, 0.3) is 0 Å². The zero-order valence-electron chi connectivity index (χ0n) is 9.20. The van der Waals surface area contributed by atoms with Crippen LogP contribution in [0.15, 0.2) is 11.1 Å². The van der Waals surface area contributed by atoms with Crippen LogP contribution in [0.2, 0.25) is 0 Å². The van der Waals surface area contributed by atoms with Crippen molar-refractivity contribution in [3.63, 3.8) is 0 Å². The predicted octanol–water partition coefficient (Wildman–Crippen LogP) is 4.17. The number of hydrogen-bond donors (Lipinski definition) is 0. The van der Waals surface area contributed by atoms with E-state index >= 15 is 0 Å². The van der Waals surface area contributed by atoms with Crippen molar-refractivity contribution in [2.75, 3.05) is 0 Å². The quantitative estimate of drug-likeness (QED) is 0.540. The first-order valence-electron chi connectivity index (χ1n) is 5.19. The van der Waals surface area contributed by atoms with Gasteiger partial charge in [-0.2, -0.15) is 0 Å². The normalized spacial score (nSPS) is 24.8. The van der Waals surface area contributed by atoms with Gasteiger partial charge in [-0.05, 0) is 37.5 Å². The topological polar surface area (TPSA) is 0 Å². The fraction of sp³-hybridized carbons (Fsp3) is 0.833. The van der Waals surface area contributed by atoms with E-state index in [1.807, 2.05) is 0 Å². The summed E-state index contributed by atoms with van der Waals surface area (Å²) in [6.45, 7) is 11.7. The molecule has 70 valence electrons. The summed E-state index contributed by atoms with van der Waals surface area (Å²) < 4.78 is 0. The Labute approximate surface area is 77.1 Å². The van der Waals surface area contributed by atoms with Gasteiger partial charge in [-0.3, -0.25) is 0 Å². The first-order chi connectivity index (χ1) is 5.49. The Hall–Kier alpha value is -0.260. The number of rotatable bonds is 2. The Morgan fingerprint density at radius 2 is 2.00 bits per heavy atom. The van der Waals surface area contributed by atoms with E-state index in [0.29, 0.717) is 5.41 Å². The van der Waals surface area contributed by atoms with Gasteiger partial charge < -0.3 is 0 Å². The van der Waals surface area contributed by atoms with Crippen LogP contribution >= 0.6 is 0 Å². The maximum atomic E-state index is 2.37. The summed E-state index contributed by atoms with van der Waals surface area (Å²) in [5.74, 6) is 0.812. The van der Waals surface area contributed by atoms with Crippen molar-refractivity contribution in [3.05, 3.63) is 11.1 Å². The molecule has 12 heavy (non-hydrogen) atoms. The summed E-state index contributed by atoms with van der Waals surface area (Å²) in [5, 5.41) is 0. The molecule has 0 aromatic rings. The van der Waals surface area contributed by atoms with Crippen molar-refractivity contribution in [2.45, 2.75) is 53.9 Å². The summed E-state index contributed by atoms with van der Waals surface area (Å²) >= 11 is 0. The molecule has 1 aliphatic rings. The van der Waals surface area contributed by atoms with Crippen LogP contribution in [0.5, 0.6) is 0 Å². The average Bonchev–Trinajstić information content (AvgIpc) is 2.27. The predicted molar refractivity (Wildman–Crippen MR) is 55.2 cm³/mol. The third kappa shape index (κ3) is 1.57. The Bertz CT molecular complexity index is 196. The first kappa shape index (κ1) is 9.83. The summed E-state index contributed by atoms with van der Waals surface area (Å²) in [6, 6.07) is 0. The van der Waals surface area contributed by atoms with Crippen molar-refractivity contribution in [2.24, 2.45) is 11.3 Å². The maximum Gasteiger partial charge on any atom is -0.0142 e. The van der Waals surface area contributed by atoms with Crippen LogP contribution in [0.1, 0.15) is 53.9 Å². The van der Waals surface area contributed by atoms with Crippen LogP contribution in [0.4, 0.5) is 0 Å². The second-order valence-electron chi connectivity index (χ2n) is 4.84. The summed E-state index contributed by atoms with van der Waals surface area (Å²) in [6.07, 6.45) is 4.00. The standard InChI is InChI=1S/C12H22/c1-6-9(2)11-7-8-12(4,5)10(11)3/h9H,6-8H2,1-5H3. The van der Waals surface area contributed by atoms with Crippen LogP contribution in [0, 0.1) is 11.3 Å². The molecule has 1 atom stereocenters. The first-order valence-corrected chi connectivity index (χ1v) is 5.19. The second kappa shape index (κ2) is 3.24. The Balaban J connectivity index is 2.85. The van der Waals surface area contributed by atoms with Gasteiger partial charge in [-0.1, -0.05) is 38.8 Å². The molecule has 0 N–H and O–H groups in total. The molecule has 0 heterocycles. The highest BCUT2D eigenvalue weighted by Gasteiger charge is 2.30. The SMILES string of the molecule is CCC(C)C1=C(C)C(C)(C)CC1. The van der Waals surface area contributed by atoms with Gasteiger partial charge in [0.15, 0.2) is 0 Å². The largest absolute Gasteiger partial charge is 0.0682 e. The highest BCUT2D eigenvalue weighted by molar-refractivity contribution is 5.26. The Morgan fingerprint density at radius 3 is 2.33 bits per heavy atom. The summed E-state index contributed by atoms with van der Waals surface area (Å²) in [7, 11) is 0. The zero-order chi connectivity index (χ0) is 9.35. The third-order valence-corrected chi connectivity index (χ3v) is 3.72. The van der Waals surface area contributed by atoms with E-state index in [-0.39, 0.29) is 0 Å². The molecule has 1 unspecified atom stereocenters. The lowest BCUT2D eigenvalue weighted by atomic mass is 9.85. The van der Waals surface area contributed by atoms with Crippen LogP contribution in [0.3, 0.4) is 0 Å². The van der Waals surface area contributed by atoms with Gasteiger partial charge in [0.1, 0.15) is 0 Å². The van der Waals surface area contributed by atoms with E-state index in [1.54, 1.807) is 11.1 Å². The highest BCUT2D eigenvalue weighted by atomic mass is 14.4. The van der Waals surface area contributed by atoms with E-state index in [4.69, 9.17) is 0 Å². The van der Waals surface area contributed by atoms with E-state index in [9.17, 15) is 0 Å². The molecule has 0 spiro atoms. The van der Waals surface area contributed by atoms with Gasteiger partial charge in [0.2, 0.25) is 0 Å². The molecule has 0 amide bonds. The van der Waals surface area contributed by atoms with Gasteiger partial charge in [-0.25, -0.2) is 0 Å². The molecule has 0 bridgehead atoms. The van der Waals surface area contributed by atoms with E-state index < -0.39 is 0 Å². The van der Waals surface area contributed by atoms with Crippen LogP contribution < -0.4 is 0 Å². The molecular weight excluding hydrogens is 144 g/mol. The fourth-order valence-corrected chi connectivity index (χ4v) is 2.12. The smallest absolute Gasteiger partial charge is 0.0142 e. The van der Waals surface area contributed by atoms with E-state index in [1.165, 1.54) is 19.3 Å². The van der Waals surface area contributed by atoms with Crippen molar-refractivity contribution < 1.29 is 0 Å². The molecule has 0 aromatic heterocycles. The van der Waals surface area contributed by atoms with Crippen LogP contribution in [-0.2, 0) is 0 Å². The van der Waals surface area contributed by atoms with Crippen LogP contribution in [0.25, 0.3) is 0 Å². The molecule has 0 aliphatic heterocycles. The molecule has 0 fully saturated rings. The Kier molecular flexibility index (Phi) is 2.65. The van der Waals surface area contributed by atoms with Crippen molar-refractivity contribution >= 4 is 0 Å². The van der Waals surface area contributed by atoms with Crippen molar-refractivity contribution in [3.8, 4) is 0 Å². The molecule has 0 nitrogen and oxygen atoms in total. The summed E-state index contributed by atoms with van der Waals surface area (Å²) in [5.41, 5.74) is 3.89. The molecule has 1 aliphatic carbocycles. The fourth-order valence-electron chi connectivity index (χ4n) is 2.12. The minimum absolute atomic E-state index is 0.485. The van der Waals surface area contributed by atoms with Gasteiger partial charge in [0, 0.05) is 0 Å². The van der Waals surface area contributed by atoms with Gasteiger partial charge in [-0.15, -0.1) is 0 Å². The second-order valence-corrected chi connectivity index (χ2v) is 4.84. The Morgan fingerprint density at radius 1 is 1.42 bits per heavy atom. The lowest BCUT2D eigenvalue weighted by Crippen LogP contribution is -2.07. The van der Waals surface area contributed by atoms with E-state index in [0.717, 1.165) is 5.92 Å². The maximum absolute atomic E-state index is 2.37. The highest BCUT2D eigenvalue weighted by Crippen LogP contribution is 2.44. The van der Waals surface area contributed by atoms with Crippen LogP contribution in [-0.4, -0.2) is 0 Å². The van der Waals surface area contributed by atoms with E-state index in [2.05, 4.69) is 34.6 Å². The zero-order valence-corrected chi connectivity index (χ0v) is 9.20. The molecule has 0 saturated heterocycles. The van der Waals surface area contributed by atoms with Gasteiger partial charge in [0.05, 0.1) is 0 Å². The monoisotopic (exact) mass is 166 g/mol. The molecule has 0 saturated carbocycles. The molecular formula is C12H22. The summed E-state index contributed by atoms with van der Waals surface area (Å²) in [4.78, 5) is 0. The molecule has 1 rings (SSSR count). The lowest BCUT2D eigenvalue weighted by Gasteiger charge is -2.20. The van der Waals surface area contributed by atoms with Crippen molar-refractivity contribution in [1.29, 1.82) is 0 Å². The molecule has 0 aromatic carbocycles. The minimum atomic E-state index is 0.485. The minimum Gasteiger partial charge on any atom is -0.0682 e. The lowest BCUT2D eigenvalue weighted by molar-refractivity contribution is 0.442. The average molecular weight is 166 g/mol. The number of hydrogen-bond acceptors (Lipinski definition) is 0. The van der Waals surface area contributed by atoms with Crippen molar-refractivity contribution in [1.82, 2.24) is 0 Å².